The van der Waals surface area contributed by atoms with Gasteiger partial charge in [0.25, 0.3) is 5.56 Å². The lowest BCUT2D eigenvalue weighted by molar-refractivity contribution is -0.146. The highest BCUT2D eigenvalue weighted by Crippen LogP contribution is 2.40. The van der Waals surface area contributed by atoms with Crippen molar-refractivity contribution < 1.29 is 23.0 Å². The lowest BCUT2D eigenvalue weighted by Gasteiger charge is -2.22. The molecule has 1 aromatic heterocycles. The third-order valence-electron chi connectivity index (χ3n) is 3.11. The zero-order valence-electron chi connectivity index (χ0n) is 11.4. The van der Waals surface area contributed by atoms with E-state index in [1.54, 1.807) is 4.98 Å². The van der Waals surface area contributed by atoms with Crippen molar-refractivity contribution in [2.45, 2.75) is 38.3 Å². The standard InChI is InChI=1S/C12H14F2N2O5/c1-6(17)20-5-7-3-12(2,14)10(21-7)16-4-8(13)9(18)15-11(16)19/h4,7,10H,3,5H2,1-2H3,(H,15,18,19)/t7-,10+,12+/m0/s1. The van der Waals surface area contributed by atoms with Crippen molar-refractivity contribution in [3.63, 3.8) is 0 Å². The normalized spacial score (nSPS) is 28.6. The number of alkyl halides is 1. The molecule has 7 nitrogen and oxygen atoms in total. The van der Waals surface area contributed by atoms with Crippen molar-refractivity contribution in [2.24, 2.45) is 0 Å². The van der Waals surface area contributed by atoms with E-state index >= 15 is 0 Å². The molecule has 2 heterocycles. The lowest BCUT2D eigenvalue weighted by Crippen LogP contribution is -2.39. The van der Waals surface area contributed by atoms with Crippen LogP contribution in [0.5, 0.6) is 0 Å². The van der Waals surface area contributed by atoms with Gasteiger partial charge in [-0.05, 0) is 6.92 Å². The maximum absolute atomic E-state index is 14.5. The highest BCUT2D eigenvalue weighted by molar-refractivity contribution is 5.65. The van der Waals surface area contributed by atoms with Crippen LogP contribution in [-0.2, 0) is 14.3 Å². The third-order valence-corrected chi connectivity index (χ3v) is 3.11. The predicted molar refractivity (Wildman–Crippen MR) is 66.0 cm³/mol. The summed E-state index contributed by atoms with van der Waals surface area (Å²) in [6.07, 6.45) is -1.73. The van der Waals surface area contributed by atoms with Crippen LogP contribution in [0.1, 0.15) is 26.5 Å². The van der Waals surface area contributed by atoms with Crippen LogP contribution in [0.2, 0.25) is 0 Å². The number of carbonyl (C=O) groups excluding carboxylic acids is 1. The van der Waals surface area contributed by atoms with E-state index in [1.165, 1.54) is 13.8 Å². The monoisotopic (exact) mass is 304 g/mol. The summed E-state index contributed by atoms with van der Waals surface area (Å²) in [6, 6.07) is 0. The molecule has 3 atom stereocenters. The van der Waals surface area contributed by atoms with Crippen molar-refractivity contribution in [1.29, 1.82) is 0 Å². The SMILES string of the molecule is CC(=O)OC[C@@H]1C[C@@](C)(F)[C@H](n2cc(F)c(=O)[nH]c2=O)O1. The zero-order valence-corrected chi connectivity index (χ0v) is 11.4. The van der Waals surface area contributed by atoms with Crippen LogP contribution in [0.15, 0.2) is 15.8 Å². The van der Waals surface area contributed by atoms with Crippen LogP contribution >= 0.6 is 0 Å². The first-order chi connectivity index (χ1) is 9.70. The molecule has 0 bridgehead atoms. The summed E-state index contributed by atoms with van der Waals surface area (Å²) in [5.74, 6) is -1.77. The van der Waals surface area contributed by atoms with Gasteiger partial charge in [-0.2, -0.15) is 4.39 Å². The number of ether oxygens (including phenoxy) is 2. The summed E-state index contributed by atoms with van der Waals surface area (Å²) in [7, 11) is 0. The van der Waals surface area contributed by atoms with Gasteiger partial charge in [0.05, 0.1) is 12.3 Å². The number of H-pyrrole nitrogens is 1. The molecule has 0 amide bonds. The minimum Gasteiger partial charge on any atom is -0.463 e. The molecule has 21 heavy (non-hydrogen) atoms. The van der Waals surface area contributed by atoms with Crippen molar-refractivity contribution >= 4 is 5.97 Å². The van der Waals surface area contributed by atoms with E-state index in [2.05, 4.69) is 0 Å². The fourth-order valence-corrected chi connectivity index (χ4v) is 2.22. The van der Waals surface area contributed by atoms with Gasteiger partial charge in [0, 0.05) is 13.3 Å². The van der Waals surface area contributed by atoms with Crippen molar-refractivity contribution in [1.82, 2.24) is 9.55 Å². The van der Waals surface area contributed by atoms with Gasteiger partial charge in [-0.3, -0.25) is 19.1 Å². The van der Waals surface area contributed by atoms with Crippen LogP contribution in [0.4, 0.5) is 8.78 Å². The summed E-state index contributed by atoms with van der Waals surface area (Å²) >= 11 is 0. The Morgan fingerprint density at radius 2 is 2.29 bits per heavy atom. The largest absolute Gasteiger partial charge is 0.463 e. The molecule has 1 fully saturated rings. The number of nitrogens with one attached hydrogen (secondary N) is 1. The molecule has 0 aromatic carbocycles. The van der Waals surface area contributed by atoms with E-state index in [4.69, 9.17) is 9.47 Å². The van der Waals surface area contributed by atoms with Gasteiger partial charge in [-0.1, -0.05) is 0 Å². The molecule has 2 rings (SSSR count). The summed E-state index contributed by atoms with van der Waals surface area (Å²) in [5.41, 5.74) is -4.16. The number of nitrogens with zero attached hydrogens (tertiary/aromatic N) is 1. The van der Waals surface area contributed by atoms with Gasteiger partial charge < -0.3 is 9.47 Å². The summed E-state index contributed by atoms with van der Waals surface area (Å²) in [4.78, 5) is 35.1. The van der Waals surface area contributed by atoms with Crippen LogP contribution in [-0.4, -0.2) is 33.9 Å². The number of hydrogen-bond acceptors (Lipinski definition) is 5. The molecule has 1 N–H and O–H groups in total. The zero-order chi connectivity index (χ0) is 15.8. The number of esters is 1. The van der Waals surface area contributed by atoms with Crippen LogP contribution < -0.4 is 11.2 Å². The van der Waals surface area contributed by atoms with Gasteiger partial charge in [-0.15, -0.1) is 0 Å². The number of halogens is 2. The van der Waals surface area contributed by atoms with E-state index in [0.29, 0.717) is 10.8 Å². The van der Waals surface area contributed by atoms with Crippen LogP contribution in [0.3, 0.4) is 0 Å². The molecule has 1 aromatic rings. The highest BCUT2D eigenvalue weighted by Gasteiger charge is 2.47. The summed E-state index contributed by atoms with van der Waals surface area (Å²) in [5, 5.41) is 0. The molecule has 0 aliphatic carbocycles. The van der Waals surface area contributed by atoms with Crippen LogP contribution in [0, 0.1) is 5.82 Å². The molecule has 1 aliphatic heterocycles. The number of carbonyl (C=O) groups is 1. The molecular weight excluding hydrogens is 290 g/mol. The Kier molecular flexibility index (Phi) is 3.95. The van der Waals surface area contributed by atoms with Gasteiger partial charge in [0.2, 0.25) is 5.82 Å². The molecule has 0 radical (unpaired) electrons. The Morgan fingerprint density at radius 3 is 2.90 bits per heavy atom. The quantitative estimate of drug-likeness (QED) is 0.809. The van der Waals surface area contributed by atoms with E-state index in [1.807, 2.05) is 0 Å². The molecule has 1 saturated heterocycles. The summed E-state index contributed by atoms with van der Waals surface area (Å²) < 4.78 is 38.5. The van der Waals surface area contributed by atoms with Gasteiger partial charge >= 0.3 is 11.7 Å². The average molecular weight is 304 g/mol. The van der Waals surface area contributed by atoms with Gasteiger partial charge in [0.15, 0.2) is 11.9 Å². The highest BCUT2D eigenvalue weighted by atomic mass is 19.1. The second-order valence-corrected chi connectivity index (χ2v) is 5.04. The first-order valence-electron chi connectivity index (χ1n) is 6.19. The molecule has 9 heteroatoms. The minimum atomic E-state index is -1.99. The second-order valence-electron chi connectivity index (χ2n) is 5.04. The van der Waals surface area contributed by atoms with E-state index < -0.39 is 41.0 Å². The molecule has 116 valence electrons. The number of hydrogen-bond donors (Lipinski definition) is 1. The minimum absolute atomic E-state index is 0.141. The number of rotatable bonds is 3. The predicted octanol–water partition coefficient (Wildman–Crippen LogP) is 0.255. The van der Waals surface area contributed by atoms with E-state index in [-0.39, 0.29) is 13.0 Å². The van der Waals surface area contributed by atoms with E-state index in [9.17, 15) is 23.2 Å². The molecular formula is C12H14F2N2O5. The molecule has 0 spiro atoms. The van der Waals surface area contributed by atoms with E-state index in [0.717, 1.165) is 0 Å². The molecule has 0 unspecified atom stereocenters. The average Bonchev–Trinajstić information content (AvgIpc) is 2.66. The first kappa shape index (κ1) is 15.4. The van der Waals surface area contributed by atoms with Crippen molar-refractivity contribution in [2.75, 3.05) is 6.61 Å². The third kappa shape index (κ3) is 3.18. The fourth-order valence-electron chi connectivity index (χ4n) is 2.22. The smallest absolute Gasteiger partial charge is 0.330 e. The topological polar surface area (TPSA) is 90.4 Å². The number of aromatic amines is 1. The first-order valence-corrected chi connectivity index (χ1v) is 6.19. The van der Waals surface area contributed by atoms with Crippen molar-refractivity contribution in [3.8, 4) is 0 Å². The Hall–Kier alpha value is -2.03. The second kappa shape index (κ2) is 5.40. The van der Waals surface area contributed by atoms with Gasteiger partial charge in [-0.25, -0.2) is 9.18 Å². The molecule has 0 saturated carbocycles. The van der Waals surface area contributed by atoms with Gasteiger partial charge in [0.1, 0.15) is 6.61 Å². The Labute approximate surface area is 117 Å². The lowest BCUT2D eigenvalue weighted by atomic mass is 10.0. The molecule has 1 aliphatic rings. The van der Waals surface area contributed by atoms with Crippen LogP contribution in [0.25, 0.3) is 0 Å². The maximum atomic E-state index is 14.5. The Bertz CT molecular complexity index is 666. The number of aromatic nitrogens is 2. The Balaban J connectivity index is 2.27. The summed E-state index contributed by atoms with van der Waals surface area (Å²) in [6.45, 7) is 2.20. The Morgan fingerprint density at radius 1 is 1.62 bits per heavy atom. The maximum Gasteiger partial charge on any atom is 0.330 e. The van der Waals surface area contributed by atoms with Crippen molar-refractivity contribution in [3.05, 3.63) is 32.9 Å². The fraction of sp³-hybridized carbons (Fsp3) is 0.583.